The second-order valence-corrected chi connectivity index (χ2v) is 7.24. The van der Waals surface area contributed by atoms with Crippen molar-refractivity contribution in [1.29, 1.82) is 5.26 Å². The number of hydrogen-bond acceptors (Lipinski definition) is 4. The molecule has 1 saturated heterocycles. The van der Waals surface area contributed by atoms with E-state index in [1.54, 1.807) is 10.7 Å². The molecule has 0 amide bonds. The van der Waals surface area contributed by atoms with E-state index < -0.39 is 9.84 Å². The number of aromatic nitrogens is 3. The first kappa shape index (κ1) is 12.2. The minimum absolute atomic E-state index is 0.122. The maximum Gasteiger partial charge on any atom is 0.153 e. The van der Waals surface area contributed by atoms with Crippen molar-refractivity contribution in [2.45, 2.75) is 19.4 Å². The third kappa shape index (κ3) is 2.24. The molecule has 1 atom stereocenters. The van der Waals surface area contributed by atoms with Gasteiger partial charge in [0.25, 0.3) is 0 Å². The molecule has 2 aromatic rings. The summed E-state index contributed by atoms with van der Waals surface area (Å²) in [6.07, 6.45) is 6.82. The average molecular weight is 278 g/mol. The summed E-state index contributed by atoms with van der Waals surface area (Å²) in [6, 6.07) is 2.11. The smallest absolute Gasteiger partial charge is 0.153 e. The molecule has 0 aliphatic carbocycles. The van der Waals surface area contributed by atoms with Crippen LogP contribution in [0, 0.1) is 17.2 Å². The molecular weight excluding hydrogens is 264 g/mol. The first-order chi connectivity index (χ1) is 9.09. The van der Waals surface area contributed by atoms with Gasteiger partial charge in [-0.05, 0) is 18.8 Å². The van der Waals surface area contributed by atoms with E-state index in [1.807, 2.05) is 10.8 Å². The molecule has 0 unspecified atom stereocenters. The van der Waals surface area contributed by atoms with Gasteiger partial charge < -0.3 is 4.57 Å². The van der Waals surface area contributed by atoms with Gasteiger partial charge in [0.05, 0.1) is 17.7 Å². The molecule has 0 saturated carbocycles. The summed E-state index contributed by atoms with van der Waals surface area (Å²) >= 11 is 0. The van der Waals surface area contributed by atoms with Crippen LogP contribution in [0.2, 0.25) is 0 Å². The molecule has 19 heavy (non-hydrogen) atoms. The Balaban J connectivity index is 1.89. The van der Waals surface area contributed by atoms with Crippen molar-refractivity contribution in [1.82, 2.24) is 14.2 Å². The lowest BCUT2D eigenvalue weighted by molar-refractivity contribution is 0.432. The predicted molar refractivity (Wildman–Crippen MR) is 69.3 cm³/mol. The Morgan fingerprint density at radius 3 is 3.05 bits per heavy atom. The summed E-state index contributed by atoms with van der Waals surface area (Å²) in [5.74, 6) is 0.671. The second kappa shape index (κ2) is 4.38. The fourth-order valence-corrected chi connectivity index (χ4v) is 4.49. The zero-order chi connectivity index (χ0) is 13.5. The Kier molecular flexibility index (Phi) is 2.82. The van der Waals surface area contributed by atoms with E-state index in [0.717, 1.165) is 18.5 Å². The van der Waals surface area contributed by atoms with E-state index in [0.29, 0.717) is 17.9 Å². The third-order valence-corrected chi connectivity index (χ3v) is 5.45. The first-order valence-electron chi connectivity index (χ1n) is 6.22. The van der Waals surface area contributed by atoms with Gasteiger partial charge in [-0.15, -0.1) is 0 Å². The molecule has 0 bridgehead atoms. The summed E-state index contributed by atoms with van der Waals surface area (Å²) in [4.78, 5) is 0. The van der Waals surface area contributed by atoms with Crippen LogP contribution < -0.4 is 0 Å². The number of fused-ring (bicyclic) bond motifs is 1. The number of sulfone groups is 1. The molecule has 0 radical (unpaired) electrons. The van der Waals surface area contributed by atoms with E-state index >= 15 is 0 Å². The maximum absolute atomic E-state index is 11.6. The quantitative estimate of drug-likeness (QED) is 0.815. The fraction of sp³-hybridized carbons (Fsp3) is 0.500. The van der Waals surface area contributed by atoms with Crippen molar-refractivity contribution in [3.8, 4) is 6.07 Å². The fourth-order valence-electron chi connectivity index (χ4n) is 2.73. The van der Waals surface area contributed by atoms with Crippen LogP contribution in [0.25, 0.3) is 5.65 Å². The first-order valence-corrected chi connectivity index (χ1v) is 8.04. The Morgan fingerprint density at radius 2 is 2.32 bits per heavy atom. The van der Waals surface area contributed by atoms with Gasteiger partial charge in [-0.25, -0.2) is 12.9 Å². The number of rotatable bonds is 2. The molecular formula is C12H14N4O2S. The topological polar surface area (TPSA) is 80.2 Å². The van der Waals surface area contributed by atoms with Crippen LogP contribution in [0.1, 0.15) is 18.4 Å². The number of nitrogens with zero attached hydrogens (tertiary/aromatic N) is 4. The van der Waals surface area contributed by atoms with Gasteiger partial charge in [0, 0.05) is 18.9 Å². The number of hydrogen-bond donors (Lipinski definition) is 0. The minimum atomic E-state index is -2.89. The van der Waals surface area contributed by atoms with Crippen molar-refractivity contribution >= 4 is 15.5 Å². The van der Waals surface area contributed by atoms with Gasteiger partial charge in [0.1, 0.15) is 11.6 Å². The largest absolute Gasteiger partial charge is 0.330 e. The van der Waals surface area contributed by atoms with Crippen LogP contribution in [-0.4, -0.2) is 34.1 Å². The highest BCUT2D eigenvalue weighted by Crippen LogP contribution is 2.22. The minimum Gasteiger partial charge on any atom is -0.330 e. The van der Waals surface area contributed by atoms with Gasteiger partial charge in [0.2, 0.25) is 0 Å². The van der Waals surface area contributed by atoms with E-state index in [-0.39, 0.29) is 11.7 Å². The van der Waals surface area contributed by atoms with Crippen molar-refractivity contribution in [3.63, 3.8) is 0 Å². The molecule has 1 aliphatic rings. The number of nitriles is 1. The Bertz CT molecular complexity index is 750. The summed E-state index contributed by atoms with van der Waals surface area (Å²) in [5.41, 5.74) is 1.26. The highest BCUT2D eigenvalue weighted by atomic mass is 32.2. The normalized spacial score (nSPS) is 22.4. The van der Waals surface area contributed by atoms with Crippen molar-refractivity contribution in [2.24, 2.45) is 5.92 Å². The molecule has 3 rings (SSSR count). The lowest BCUT2D eigenvalue weighted by atomic mass is 10.1. The standard InChI is InChI=1S/C12H14N4O2S/c13-6-11-7-14-16-4-3-15(12(11)16)8-10-2-1-5-19(17,18)9-10/h3-4,7,10H,1-2,5,8-9H2/t10-/m1/s1. The molecule has 7 heteroatoms. The van der Waals surface area contributed by atoms with Gasteiger partial charge in [0.15, 0.2) is 15.5 Å². The maximum atomic E-state index is 11.6. The van der Waals surface area contributed by atoms with Crippen LogP contribution in [-0.2, 0) is 16.4 Å². The van der Waals surface area contributed by atoms with E-state index in [4.69, 9.17) is 5.26 Å². The summed E-state index contributed by atoms with van der Waals surface area (Å²) in [7, 11) is -2.89. The van der Waals surface area contributed by atoms with Crippen LogP contribution in [0.15, 0.2) is 18.6 Å². The van der Waals surface area contributed by atoms with Gasteiger partial charge in [-0.2, -0.15) is 10.4 Å². The highest BCUT2D eigenvalue weighted by molar-refractivity contribution is 7.91. The van der Waals surface area contributed by atoms with Gasteiger partial charge >= 0.3 is 0 Å². The van der Waals surface area contributed by atoms with Crippen LogP contribution in [0.5, 0.6) is 0 Å². The third-order valence-electron chi connectivity index (χ3n) is 3.56. The Morgan fingerprint density at radius 1 is 1.47 bits per heavy atom. The Labute approximate surface area is 111 Å². The van der Waals surface area contributed by atoms with E-state index in [2.05, 4.69) is 11.2 Å². The predicted octanol–water partition coefficient (Wildman–Crippen LogP) is 0.832. The van der Waals surface area contributed by atoms with Crippen molar-refractivity contribution < 1.29 is 8.42 Å². The highest BCUT2D eigenvalue weighted by Gasteiger charge is 2.25. The molecule has 0 spiro atoms. The SMILES string of the molecule is N#Cc1cnn2ccn(C[C@H]3CCCS(=O)(=O)C3)c12. The van der Waals surface area contributed by atoms with E-state index in [9.17, 15) is 8.42 Å². The second-order valence-electron chi connectivity index (χ2n) is 5.01. The summed E-state index contributed by atoms with van der Waals surface area (Å²) in [5, 5.41) is 13.1. The molecule has 1 aliphatic heterocycles. The molecule has 1 fully saturated rings. The lowest BCUT2D eigenvalue weighted by Gasteiger charge is -2.22. The lowest BCUT2D eigenvalue weighted by Crippen LogP contribution is -2.28. The van der Waals surface area contributed by atoms with E-state index in [1.165, 1.54) is 6.20 Å². The summed E-state index contributed by atoms with van der Waals surface area (Å²) < 4.78 is 26.9. The van der Waals surface area contributed by atoms with Crippen LogP contribution >= 0.6 is 0 Å². The number of imidazole rings is 1. The molecule has 3 heterocycles. The monoisotopic (exact) mass is 278 g/mol. The van der Waals surface area contributed by atoms with Crippen molar-refractivity contribution in [3.05, 3.63) is 24.2 Å². The van der Waals surface area contributed by atoms with Crippen LogP contribution in [0.3, 0.4) is 0 Å². The molecule has 0 N–H and O–H groups in total. The molecule has 6 nitrogen and oxygen atoms in total. The molecule has 2 aromatic heterocycles. The van der Waals surface area contributed by atoms with Crippen LogP contribution in [0.4, 0.5) is 0 Å². The average Bonchev–Trinajstić information content (AvgIpc) is 2.91. The zero-order valence-electron chi connectivity index (χ0n) is 10.4. The molecule has 100 valence electrons. The van der Waals surface area contributed by atoms with Crippen molar-refractivity contribution in [2.75, 3.05) is 11.5 Å². The van der Waals surface area contributed by atoms with Gasteiger partial charge in [-0.1, -0.05) is 0 Å². The zero-order valence-corrected chi connectivity index (χ0v) is 11.2. The summed E-state index contributed by atoms with van der Waals surface area (Å²) in [6.45, 7) is 0.621. The Hall–Kier alpha value is -1.81. The molecule has 0 aromatic carbocycles. The van der Waals surface area contributed by atoms with Gasteiger partial charge in [-0.3, -0.25) is 0 Å².